The number of carbonyl (C=O) groups is 1. The van der Waals surface area contributed by atoms with Crippen molar-refractivity contribution in [2.75, 3.05) is 0 Å². The van der Waals surface area contributed by atoms with Crippen LogP contribution in [0.5, 0.6) is 0 Å². The number of amides is 1. The SMILES string of the molecule is CC(C)(C)OC(=O)NN=Cc1cccc(Cl)c1Cl. The van der Waals surface area contributed by atoms with E-state index in [-0.39, 0.29) is 0 Å². The van der Waals surface area contributed by atoms with E-state index in [2.05, 4.69) is 10.5 Å². The molecule has 0 atom stereocenters. The molecular formula is C12H14Cl2N2O2. The summed E-state index contributed by atoms with van der Waals surface area (Å²) in [5.74, 6) is 0. The predicted molar refractivity (Wildman–Crippen MR) is 73.4 cm³/mol. The fraction of sp³-hybridized carbons (Fsp3) is 0.333. The second-order valence-corrected chi connectivity index (χ2v) is 5.30. The molecule has 0 aliphatic rings. The molecule has 18 heavy (non-hydrogen) atoms. The Morgan fingerprint density at radius 1 is 1.39 bits per heavy atom. The van der Waals surface area contributed by atoms with Crippen molar-refractivity contribution in [3.8, 4) is 0 Å². The molecule has 0 spiro atoms. The summed E-state index contributed by atoms with van der Waals surface area (Å²) in [6.07, 6.45) is 0.773. The number of nitrogens with one attached hydrogen (secondary N) is 1. The van der Waals surface area contributed by atoms with Gasteiger partial charge in [-0.1, -0.05) is 35.3 Å². The Labute approximate surface area is 116 Å². The minimum absolute atomic E-state index is 0.383. The van der Waals surface area contributed by atoms with Crippen LogP contribution in [0.4, 0.5) is 4.79 Å². The number of ether oxygens (including phenoxy) is 1. The summed E-state index contributed by atoms with van der Waals surface area (Å²) >= 11 is 11.8. The van der Waals surface area contributed by atoms with E-state index in [1.165, 1.54) is 6.21 Å². The van der Waals surface area contributed by atoms with E-state index in [0.29, 0.717) is 15.6 Å². The van der Waals surface area contributed by atoms with E-state index >= 15 is 0 Å². The molecule has 1 aromatic rings. The van der Waals surface area contributed by atoms with Crippen LogP contribution in [0.25, 0.3) is 0 Å². The fourth-order valence-electron chi connectivity index (χ4n) is 1.08. The van der Waals surface area contributed by atoms with E-state index < -0.39 is 11.7 Å². The lowest BCUT2D eigenvalue weighted by Gasteiger charge is -2.18. The van der Waals surface area contributed by atoms with E-state index in [0.717, 1.165) is 0 Å². The van der Waals surface area contributed by atoms with Gasteiger partial charge in [-0.05, 0) is 26.8 Å². The molecule has 0 bridgehead atoms. The number of hydrogen-bond donors (Lipinski definition) is 1. The first kappa shape index (κ1) is 14.8. The summed E-state index contributed by atoms with van der Waals surface area (Å²) in [6, 6.07) is 5.14. The number of rotatable bonds is 2. The first-order chi connectivity index (χ1) is 8.29. The molecule has 6 heteroatoms. The molecule has 0 heterocycles. The van der Waals surface area contributed by atoms with E-state index in [9.17, 15) is 4.79 Å². The standard InChI is InChI=1S/C12H14Cl2N2O2/c1-12(2,3)18-11(17)16-15-7-8-5-4-6-9(13)10(8)14/h4-7H,1-3H3,(H,16,17). The molecule has 0 saturated heterocycles. The Morgan fingerprint density at radius 3 is 2.67 bits per heavy atom. The fourth-order valence-corrected chi connectivity index (χ4v) is 1.43. The highest BCUT2D eigenvalue weighted by Gasteiger charge is 2.15. The van der Waals surface area contributed by atoms with Crippen molar-refractivity contribution in [2.45, 2.75) is 26.4 Å². The summed E-state index contributed by atoms with van der Waals surface area (Å²) in [5.41, 5.74) is 2.29. The van der Waals surface area contributed by atoms with E-state index in [1.54, 1.807) is 39.0 Å². The molecule has 98 valence electrons. The van der Waals surface area contributed by atoms with Gasteiger partial charge in [0.2, 0.25) is 0 Å². The third-order valence-electron chi connectivity index (χ3n) is 1.74. The highest BCUT2D eigenvalue weighted by atomic mass is 35.5. The van der Waals surface area contributed by atoms with Crippen molar-refractivity contribution < 1.29 is 9.53 Å². The van der Waals surface area contributed by atoms with Crippen LogP contribution in [0.1, 0.15) is 26.3 Å². The number of benzene rings is 1. The number of halogens is 2. The molecule has 4 nitrogen and oxygen atoms in total. The maximum atomic E-state index is 11.3. The van der Waals surface area contributed by atoms with Gasteiger partial charge < -0.3 is 4.74 Å². The second-order valence-electron chi connectivity index (χ2n) is 4.51. The number of hydrogen-bond acceptors (Lipinski definition) is 3. The van der Waals surface area contributed by atoms with E-state index in [4.69, 9.17) is 27.9 Å². The van der Waals surface area contributed by atoms with Crippen molar-refractivity contribution >= 4 is 35.5 Å². The molecule has 1 aromatic carbocycles. The first-order valence-electron chi connectivity index (χ1n) is 5.25. The Morgan fingerprint density at radius 2 is 2.06 bits per heavy atom. The quantitative estimate of drug-likeness (QED) is 0.664. The van der Waals surface area contributed by atoms with Gasteiger partial charge in [0.25, 0.3) is 0 Å². The zero-order valence-corrected chi connectivity index (χ0v) is 11.8. The minimum atomic E-state index is -0.628. The Hall–Kier alpha value is -1.26. The molecule has 0 aliphatic carbocycles. The van der Waals surface area contributed by atoms with Gasteiger partial charge in [0.05, 0.1) is 16.3 Å². The summed E-state index contributed by atoms with van der Waals surface area (Å²) < 4.78 is 5.01. The molecule has 0 aliphatic heterocycles. The summed E-state index contributed by atoms with van der Waals surface area (Å²) in [7, 11) is 0. The summed E-state index contributed by atoms with van der Waals surface area (Å²) in [4.78, 5) is 11.3. The van der Waals surface area contributed by atoms with Crippen LogP contribution in [0.2, 0.25) is 10.0 Å². The van der Waals surface area contributed by atoms with Gasteiger partial charge in [-0.15, -0.1) is 0 Å². The van der Waals surface area contributed by atoms with Crippen LogP contribution >= 0.6 is 23.2 Å². The molecule has 0 radical (unpaired) electrons. The van der Waals surface area contributed by atoms with Crippen LogP contribution in [0, 0.1) is 0 Å². The van der Waals surface area contributed by atoms with Crippen LogP contribution < -0.4 is 5.43 Å². The number of nitrogens with zero attached hydrogens (tertiary/aromatic N) is 1. The van der Waals surface area contributed by atoms with Gasteiger partial charge in [-0.2, -0.15) is 5.10 Å². The summed E-state index contributed by atoms with van der Waals surface area (Å²) in [5, 5.41) is 4.55. The maximum Gasteiger partial charge on any atom is 0.428 e. The molecule has 0 saturated carbocycles. The topological polar surface area (TPSA) is 50.7 Å². The zero-order valence-electron chi connectivity index (χ0n) is 10.3. The molecule has 0 fully saturated rings. The third-order valence-corrected chi connectivity index (χ3v) is 2.57. The van der Waals surface area contributed by atoms with E-state index in [1.807, 2.05) is 0 Å². The molecule has 0 unspecified atom stereocenters. The van der Waals surface area contributed by atoms with Crippen LogP contribution in [-0.2, 0) is 4.74 Å². The Balaban J connectivity index is 2.61. The van der Waals surface area contributed by atoms with Gasteiger partial charge in [-0.25, -0.2) is 10.2 Å². The van der Waals surface area contributed by atoms with Crippen molar-refractivity contribution in [3.05, 3.63) is 33.8 Å². The lowest BCUT2D eigenvalue weighted by atomic mass is 10.2. The highest BCUT2D eigenvalue weighted by molar-refractivity contribution is 6.43. The van der Waals surface area contributed by atoms with Gasteiger partial charge in [0.15, 0.2) is 0 Å². The average molecular weight is 289 g/mol. The van der Waals surface area contributed by atoms with Crippen molar-refractivity contribution in [1.82, 2.24) is 5.43 Å². The molecule has 1 amide bonds. The van der Waals surface area contributed by atoms with Crippen LogP contribution in [-0.4, -0.2) is 17.9 Å². The Bertz CT molecular complexity index is 468. The molecule has 1 rings (SSSR count). The lowest BCUT2D eigenvalue weighted by molar-refractivity contribution is 0.0529. The molecule has 0 aromatic heterocycles. The minimum Gasteiger partial charge on any atom is -0.443 e. The second kappa shape index (κ2) is 6.07. The smallest absolute Gasteiger partial charge is 0.428 e. The Kier molecular flexibility index (Phi) is 4.99. The van der Waals surface area contributed by atoms with Crippen LogP contribution in [0.15, 0.2) is 23.3 Å². The lowest BCUT2D eigenvalue weighted by Crippen LogP contribution is -2.29. The maximum absolute atomic E-state index is 11.3. The van der Waals surface area contributed by atoms with Crippen LogP contribution in [0.3, 0.4) is 0 Å². The molecular weight excluding hydrogens is 275 g/mol. The van der Waals surface area contributed by atoms with Gasteiger partial charge >= 0.3 is 6.09 Å². The first-order valence-corrected chi connectivity index (χ1v) is 6.01. The zero-order chi connectivity index (χ0) is 13.8. The molecule has 1 N–H and O–H groups in total. The van der Waals surface area contributed by atoms with Gasteiger partial charge in [-0.3, -0.25) is 0 Å². The van der Waals surface area contributed by atoms with Gasteiger partial charge in [0.1, 0.15) is 5.60 Å². The van der Waals surface area contributed by atoms with Crippen molar-refractivity contribution in [3.63, 3.8) is 0 Å². The average Bonchev–Trinajstić information content (AvgIpc) is 2.21. The monoisotopic (exact) mass is 288 g/mol. The predicted octanol–water partition coefficient (Wildman–Crippen LogP) is 3.85. The summed E-state index contributed by atoms with van der Waals surface area (Å²) in [6.45, 7) is 5.30. The van der Waals surface area contributed by atoms with Crippen molar-refractivity contribution in [1.29, 1.82) is 0 Å². The highest BCUT2D eigenvalue weighted by Crippen LogP contribution is 2.24. The normalized spacial score (nSPS) is 11.6. The van der Waals surface area contributed by atoms with Gasteiger partial charge in [0, 0.05) is 5.56 Å². The van der Waals surface area contributed by atoms with Crippen molar-refractivity contribution in [2.24, 2.45) is 5.10 Å². The number of hydrazone groups is 1. The number of carbonyl (C=O) groups excluding carboxylic acids is 1. The largest absolute Gasteiger partial charge is 0.443 e. The third kappa shape index (κ3) is 4.94.